The first-order chi connectivity index (χ1) is 11.5. The number of amides is 2. The second kappa shape index (κ2) is 8.15. The van der Waals surface area contributed by atoms with Crippen molar-refractivity contribution in [1.29, 1.82) is 0 Å². The van der Waals surface area contributed by atoms with Crippen molar-refractivity contribution < 1.29 is 14.3 Å². The van der Waals surface area contributed by atoms with Gasteiger partial charge < -0.3 is 15.8 Å². The maximum atomic E-state index is 11.9. The van der Waals surface area contributed by atoms with E-state index in [1.54, 1.807) is 18.2 Å². The molecular weight excluding hydrogens is 304 g/mol. The Hall–Kier alpha value is -2.82. The van der Waals surface area contributed by atoms with Crippen LogP contribution < -0.4 is 15.8 Å². The molecule has 0 fully saturated rings. The van der Waals surface area contributed by atoms with E-state index < -0.39 is 5.91 Å². The fourth-order valence-electron chi connectivity index (χ4n) is 2.37. The molecule has 126 valence electrons. The number of rotatable bonds is 7. The third-order valence-corrected chi connectivity index (χ3v) is 3.74. The van der Waals surface area contributed by atoms with E-state index in [2.05, 4.69) is 5.32 Å². The molecule has 24 heavy (non-hydrogen) atoms. The first kappa shape index (κ1) is 17.5. The van der Waals surface area contributed by atoms with E-state index in [0.717, 1.165) is 12.0 Å². The Morgan fingerprint density at radius 3 is 2.58 bits per heavy atom. The monoisotopic (exact) mass is 326 g/mol. The van der Waals surface area contributed by atoms with Gasteiger partial charge in [0.05, 0.1) is 5.56 Å². The number of hydrogen-bond donors (Lipinski definition) is 2. The second-order valence-electron chi connectivity index (χ2n) is 5.68. The van der Waals surface area contributed by atoms with E-state index in [4.69, 9.17) is 10.5 Å². The molecule has 0 saturated carbocycles. The lowest BCUT2D eigenvalue weighted by Crippen LogP contribution is -2.31. The van der Waals surface area contributed by atoms with Crippen LogP contribution in [0.1, 0.15) is 27.0 Å². The largest absolute Gasteiger partial charge is 0.483 e. The number of benzene rings is 2. The molecule has 0 aliphatic carbocycles. The zero-order valence-electron chi connectivity index (χ0n) is 14.0. The molecule has 0 saturated heterocycles. The molecule has 0 atom stereocenters. The van der Waals surface area contributed by atoms with Crippen LogP contribution in [0.3, 0.4) is 0 Å². The van der Waals surface area contributed by atoms with Gasteiger partial charge in [0.15, 0.2) is 6.61 Å². The highest BCUT2D eigenvalue weighted by Gasteiger charge is 2.11. The van der Waals surface area contributed by atoms with E-state index in [9.17, 15) is 9.59 Å². The molecule has 3 N–H and O–H groups in total. The van der Waals surface area contributed by atoms with Crippen LogP contribution in [0.5, 0.6) is 5.75 Å². The van der Waals surface area contributed by atoms with Gasteiger partial charge in [-0.25, -0.2) is 0 Å². The summed E-state index contributed by atoms with van der Waals surface area (Å²) in [5.41, 5.74) is 8.91. The maximum absolute atomic E-state index is 11.9. The third-order valence-electron chi connectivity index (χ3n) is 3.74. The Kier molecular flexibility index (Phi) is 5.95. The number of nitrogens with one attached hydrogen (secondary N) is 1. The molecule has 2 rings (SSSR count). The Morgan fingerprint density at radius 2 is 1.88 bits per heavy atom. The minimum absolute atomic E-state index is 0.155. The van der Waals surface area contributed by atoms with Crippen molar-refractivity contribution in [2.24, 2.45) is 5.73 Å². The van der Waals surface area contributed by atoms with E-state index in [1.165, 1.54) is 11.1 Å². The van der Waals surface area contributed by atoms with Gasteiger partial charge in [0.1, 0.15) is 5.75 Å². The first-order valence-electron chi connectivity index (χ1n) is 7.82. The van der Waals surface area contributed by atoms with Crippen molar-refractivity contribution in [3.63, 3.8) is 0 Å². The molecule has 0 bridgehead atoms. The van der Waals surface area contributed by atoms with Gasteiger partial charge in [-0.3, -0.25) is 9.59 Å². The molecule has 2 amide bonds. The van der Waals surface area contributed by atoms with Crippen LogP contribution in [0.15, 0.2) is 42.5 Å². The fraction of sp³-hybridized carbons (Fsp3) is 0.263. The Balaban J connectivity index is 1.84. The van der Waals surface area contributed by atoms with Crippen molar-refractivity contribution >= 4 is 11.8 Å². The van der Waals surface area contributed by atoms with Crippen LogP contribution in [0.2, 0.25) is 0 Å². The highest BCUT2D eigenvalue weighted by atomic mass is 16.5. The predicted molar refractivity (Wildman–Crippen MR) is 93.1 cm³/mol. The first-order valence-corrected chi connectivity index (χ1v) is 7.82. The zero-order chi connectivity index (χ0) is 17.5. The molecule has 0 aliphatic rings. The third kappa shape index (κ3) is 4.84. The van der Waals surface area contributed by atoms with Crippen LogP contribution >= 0.6 is 0 Å². The minimum atomic E-state index is -0.579. The Bertz CT molecular complexity index is 741. The van der Waals surface area contributed by atoms with Crippen molar-refractivity contribution in [2.45, 2.75) is 20.3 Å². The van der Waals surface area contributed by atoms with Crippen LogP contribution in [-0.2, 0) is 11.2 Å². The lowest BCUT2D eigenvalue weighted by atomic mass is 10.1. The van der Waals surface area contributed by atoms with Gasteiger partial charge in [-0.15, -0.1) is 0 Å². The van der Waals surface area contributed by atoms with Gasteiger partial charge in [0.25, 0.3) is 11.8 Å². The molecular formula is C19H22N2O3. The SMILES string of the molecule is Cc1ccc(C(N)=O)c(OCC(=O)NCCc2ccccc2C)c1. The average Bonchev–Trinajstić information content (AvgIpc) is 2.54. The van der Waals surface area contributed by atoms with E-state index in [0.29, 0.717) is 12.3 Å². The standard InChI is InChI=1S/C19H22N2O3/c1-13-7-8-16(19(20)23)17(11-13)24-12-18(22)21-10-9-15-6-4-3-5-14(15)2/h3-8,11H,9-10,12H2,1-2H3,(H2,20,23)(H,21,22). The molecule has 0 spiro atoms. The molecule has 0 aliphatic heterocycles. The number of carbonyl (C=O) groups excluding carboxylic acids is 2. The molecule has 0 aromatic heterocycles. The van der Waals surface area contributed by atoms with Gasteiger partial charge in [-0.05, 0) is 49.1 Å². The minimum Gasteiger partial charge on any atom is -0.483 e. The Morgan fingerprint density at radius 1 is 1.12 bits per heavy atom. The fourth-order valence-corrected chi connectivity index (χ4v) is 2.37. The van der Waals surface area contributed by atoms with E-state index in [1.807, 2.05) is 38.1 Å². The van der Waals surface area contributed by atoms with Crippen molar-refractivity contribution in [2.75, 3.05) is 13.2 Å². The molecule has 2 aromatic rings. The summed E-state index contributed by atoms with van der Waals surface area (Å²) in [7, 11) is 0. The van der Waals surface area contributed by atoms with Gasteiger partial charge in [0.2, 0.25) is 0 Å². The quantitative estimate of drug-likeness (QED) is 0.818. The van der Waals surface area contributed by atoms with Crippen LogP contribution in [0.25, 0.3) is 0 Å². The van der Waals surface area contributed by atoms with Crippen molar-refractivity contribution in [3.05, 3.63) is 64.7 Å². The van der Waals surface area contributed by atoms with Gasteiger partial charge >= 0.3 is 0 Å². The number of hydrogen-bond acceptors (Lipinski definition) is 3. The summed E-state index contributed by atoms with van der Waals surface area (Å²) in [6.07, 6.45) is 0.759. The number of nitrogens with two attached hydrogens (primary N) is 1. The van der Waals surface area contributed by atoms with Crippen molar-refractivity contribution in [3.8, 4) is 5.75 Å². The maximum Gasteiger partial charge on any atom is 0.257 e. The molecule has 2 aromatic carbocycles. The average molecular weight is 326 g/mol. The molecule has 5 nitrogen and oxygen atoms in total. The number of aryl methyl sites for hydroxylation is 2. The summed E-state index contributed by atoms with van der Waals surface area (Å²) < 4.78 is 5.45. The molecule has 0 heterocycles. The van der Waals surface area contributed by atoms with Gasteiger partial charge in [-0.1, -0.05) is 30.3 Å². The highest BCUT2D eigenvalue weighted by molar-refractivity contribution is 5.95. The summed E-state index contributed by atoms with van der Waals surface area (Å²) in [6.45, 7) is 4.30. The number of carbonyl (C=O) groups is 2. The summed E-state index contributed by atoms with van der Waals surface area (Å²) in [4.78, 5) is 23.3. The normalized spacial score (nSPS) is 10.2. The van der Waals surface area contributed by atoms with Crippen LogP contribution in [0.4, 0.5) is 0 Å². The van der Waals surface area contributed by atoms with E-state index in [-0.39, 0.29) is 18.1 Å². The van der Waals surface area contributed by atoms with Crippen LogP contribution in [-0.4, -0.2) is 25.0 Å². The smallest absolute Gasteiger partial charge is 0.257 e. The zero-order valence-corrected chi connectivity index (χ0v) is 14.0. The molecule has 5 heteroatoms. The second-order valence-corrected chi connectivity index (χ2v) is 5.68. The van der Waals surface area contributed by atoms with Crippen molar-refractivity contribution in [1.82, 2.24) is 5.32 Å². The summed E-state index contributed by atoms with van der Waals surface area (Å²) in [5.74, 6) is -0.484. The van der Waals surface area contributed by atoms with Crippen LogP contribution in [0, 0.1) is 13.8 Å². The lowest BCUT2D eigenvalue weighted by molar-refractivity contribution is -0.123. The Labute approximate surface area is 141 Å². The molecule has 0 radical (unpaired) electrons. The number of primary amides is 1. The van der Waals surface area contributed by atoms with E-state index >= 15 is 0 Å². The topological polar surface area (TPSA) is 81.4 Å². The summed E-state index contributed by atoms with van der Waals surface area (Å²) in [5, 5.41) is 2.81. The summed E-state index contributed by atoms with van der Waals surface area (Å²) >= 11 is 0. The summed E-state index contributed by atoms with van der Waals surface area (Å²) in [6, 6.07) is 13.1. The molecule has 0 unspecified atom stereocenters. The highest BCUT2D eigenvalue weighted by Crippen LogP contribution is 2.19. The van der Waals surface area contributed by atoms with Gasteiger partial charge in [0, 0.05) is 6.54 Å². The van der Waals surface area contributed by atoms with Gasteiger partial charge in [-0.2, -0.15) is 0 Å². The number of ether oxygens (including phenoxy) is 1. The lowest BCUT2D eigenvalue weighted by Gasteiger charge is -2.11. The predicted octanol–water partition coefficient (Wildman–Crippen LogP) is 2.14.